The van der Waals surface area contributed by atoms with Crippen molar-refractivity contribution < 1.29 is 9.53 Å². The zero-order valence-corrected chi connectivity index (χ0v) is 21.0. The molecule has 1 unspecified atom stereocenters. The molecular formula is C26H31ClN6O2. The number of halogens is 1. The maximum Gasteiger partial charge on any atom is 0.225 e. The summed E-state index contributed by atoms with van der Waals surface area (Å²) in [5, 5.41) is 21.3. The van der Waals surface area contributed by atoms with E-state index in [1.165, 1.54) is 0 Å². The van der Waals surface area contributed by atoms with Crippen LogP contribution in [0.15, 0.2) is 47.5 Å². The molecule has 2 heterocycles. The molecule has 184 valence electrons. The van der Waals surface area contributed by atoms with E-state index in [9.17, 15) is 4.79 Å². The minimum atomic E-state index is -0.742. The molecule has 9 heteroatoms. The average molecular weight is 495 g/mol. The van der Waals surface area contributed by atoms with E-state index in [4.69, 9.17) is 32.1 Å². The maximum absolute atomic E-state index is 13.3. The lowest BCUT2D eigenvalue weighted by molar-refractivity contribution is -0.132. The molecule has 0 aromatic heterocycles. The number of methoxy groups -OCH3 is 1. The summed E-state index contributed by atoms with van der Waals surface area (Å²) in [6.45, 7) is 3.00. The van der Waals surface area contributed by atoms with E-state index in [1.807, 2.05) is 36.2 Å². The second-order valence-corrected chi connectivity index (χ2v) is 9.27. The molecule has 35 heavy (non-hydrogen) atoms. The van der Waals surface area contributed by atoms with Crippen LogP contribution >= 0.6 is 11.6 Å². The van der Waals surface area contributed by atoms with Gasteiger partial charge in [0, 0.05) is 35.3 Å². The van der Waals surface area contributed by atoms with Gasteiger partial charge >= 0.3 is 0 Å². The van der Waals surface area contributed by atoms with Crippen molar-refractivity contribution in [3.8, 4) is 5.75 Å². The lowest BCUT2D eigenvalue weighted by atomic mass is 9.99. The number of amidine groups is 2. The van der Waals surface area contributed by atoms with Crippen molar-refractivity contribution >= 4 is 40.6 Å². The van der Waals surface area contributed by atoms with E-state index in [-0.39, 0.29) is 24.0 Å². The number of nitrogens with one attached hydrogen (secondary N) is 3. The predicted molar refractivity (Wildman–Crippen MR) is 141 cm³/mol. The molecule has 0 aliphatic carbocycles. The molecule has 2 aliphatic heterocycles. The van der Waals surface area contributed by atoms with E-state index >= 15 is 0 Å². The maximum atomic E-state index is 13.3. The van der Waals surface area contributed by atoms with Gasteiger partial charge in [0.25, 0.3) is 0 Å². The minimum absolute atomic E-state index is 0.0281. The molecule has 2 aromatic rings. The van der Waals surface area contributed by atoms with Crippen LogP contribution in [0.25, 0.3) is 0 Å². The first-order chi connectivity index (χ1) is 16.8. The number of anilines is 1. The number of nitrogens with zero attached hydrogens (tertiary/aromatic N) is 3. The summed E-state index contributed by atoms with van der Waals surface area (Å²) in [5.74, 6) is 0.897. The highest BCUT2D eigenvalue weighted by Crippen LogP contribution is 2.33. The lowest BCUT2D eigenvalue weighted by Crippen LogP contribution is -2.46. The van der Waals surface area contributed by atoms with Crippen molar-refractivity contribution in [3.05, 3.63) is 58.6 Å². The zero-order chi connectivity index (χ0) is 25.1. The quantitative estimate of drug-likeness (QED) is 0.432. The highest BCUT2D eigenvalue weighted by atomic mass is 35.5. The van der Waals surface area contributed by atoms with E-state index in [0.29, 0.717) is 41.3 Å². The highest BCUT2D eigenvalue weighted by molar-refractivity contribution is 6.31. The molecule has 3 N–H and O–H groups in total. The Balaban J connectivity index is 1.77. The molecule has 1 saturated heterocycles. The number of ether oxygens (including phenoxy) is 1. The van der Waals surface area contributed by atoms with E-state index in [2.05, 4.69) is 5.32 Å². The van der Waals surface area contributed by atoms with Crippen LogP contribution in [0.4, 0.5) is 5.69 Å². The van der Waals surface area contributed by atoms with E-state index < -0.39 is 6.04 Å². The summed E-state index contributed by atoms with van der Waals surface area (Å²) in [7, 11) is 3.54. The van der Waals surface area contributed by atoms with Crippen molar-refractivity contribution in [2.75, 3.05) is 32.1 Å². The van der Waals surface area contributed by atoms with Crippen LogP contribution in [0.5, 0.6) is 5.75 Å². The molecular weight excluding hydrogens is 464 g/mol. The van der Waals surface area contributed by atoms with Crippen molar-refractivity contribution in [1.29, 1.82) is 10.8 Å². The molecule has 0 spiro atoms. The van der Waals surface area contributed by atoms with Crippen molar-refractivity contribution in [3.63, 3.8) is 0 Å². The molecule has 0 radical (unpaired) electrons. The Morgan fingerprint density at radius 1 is 1.20 bits per heavy atom. The van der Waals surface area contributed by atoms with Gasteiger partial charge in [-0.1, -0.05) is 23.7 Å². The van der Waals surface area contributed by atoms with Gasteiger partial charge in [-0.25, -0.2) is 0 Å². The Bertz CT molecular complexity index is 1150. The number of hydrogen-bond donors (Lipinski definition) is 3. The number of fused-ring (bicyclic) bond motifs is 1. The van der Waals surface area contributed by atoms with Gasteiger partial charge < -0.3 is 15.0 Å². The Morgan fingerprint density at radius 3 is 2.49 bits per heavy atom. The van der Waals surface area contributed by atoms with Crippen LogP contribution < -0.4 is 15.0 Å². The van der Waals surface area contributed by atoms with Gasteiger partial charge in [0.1, 0.15) is 23.5 Å². The topological polar surface area (TPSA) is 105 Å². The first-order valence-electron chi connectivity index (χ1n) is 11.7. The number of benzene rings is 2. The molecule has 4 rings (SSSR count). The minimum Gasteiger partial charge on any atom is -0.497 e. The normalized spacial score (nSPS) is 18.6. The number of likely N-dealkylation sites (tertiary alicyclic amines) is 1. The van der Waals surface area contributed by atoms with Gasteiger partial charge in [-0.05, 0) is 57.1 Å². The van der Waals surface area contributed by atoms with Crippen LogP contribution in [0.3, 0.4) is 0 Å². The smallest absolute Gasteiger partial charge is 0.225 e. The van der Waals surface area contributed by atoms with Crippen molar-refractivity contribution in [2.45, 2.75) is 38.3 Å². The molecule has 1 atom stereocenters. The number of carbonyl (C=O) groups is 1. The van der Waals surface area contributed by atoms with Gasteiger partial charge in [-0.15, -0.1) is 0 Å². The molecule has 2 aliphatic rings. The van der Waals surface area contributed by atoms with Gasteiger partial charge in [0.2, 0.25) is 5.91 Å². The van der Waals surface area contributed by atoms with Crippen molar-refractivity contribution in [2.24, 2.45) is 4.99 Å². The van der Waals surface area contributed by atoms with Crippen LogP contribution in [-0.2, 0) is 4.79 Å². The summed E-state index contributed by atoms with van der Waals surface area (Å²) in [6.07, 6.45) is 1.87. The fourth-order valence-corrected chi connectivity index (χ4v) is 4.77. The predicted octanol–water partition coefficient (Wildman–Crippen LogP) is 3.95. The van der Waals surface area contributed by atoms with Crippen LogP contribution in [0, 0.1) is 10.8 Å². The number of aliphatic imine (C=N–C) groups is 1. The van der Waals surface area contributed by atoms with Gasteiger partial charge in [0.15, 0.2) is 0 Å². The Labute approximate surface area is 210 Å². The largest absolute Gasteiger partial charge is 0.497 e. The summed E-state index contributed by atoms with van der Waals surface area (Å²) in [6, 6.07) is 12.5. The number of piperidine rings is 1. The van der Waals surface area contributed by atoms with Gasteiger partial charge in [-0.3, -0.25) is 25.5 Å². The summed E-state index contributed by atoms with van der Waals surface area (Å²) >= 11 is 6.14. The fourth-order valence-electron chi connectivity index (χ4n) is 4.65. The van der Waals surface area contributed by atoms with Crippen LogP contribution in [-0.4, -0.2) is 67.5 Å². The average Bonchev–Trinajstić information content (AvgIpc) is 2.98. The standard InChI is InChI=1S/C26H31ClN6O2/c1-16(28)33-23-9-8-20(35-3)14-21(23)25(17-4-6-18(27)7-5-17)31-22(26(33)29)15-24(34)32-12-10-19(30-2)11-13-32/h4-9,14,19,22,28-30H,10-13,15H2,1-3H3. The van der Waals surface area contributed by atoms with Gasteiger partial charge in [0.05, 0.1) is 24.9 Å². The Kier molecular flexibility index (Phi) is 7.52. The third-order valence-corrected chi connectivity index (χ3v) is 6.87. The van der Waals surface area contributed by atoms with E-state index in [1.54, 1.807) is 37.1 Å². The molecule has 0 bridgehead atoms. The van der Waals surface area contributed by atoms with E-state index in [0.717, 1.165) is 24.0 Å². The second-order valence-electron chi connectivity index (χ2n) is 8.84. The number of benzodiazepines with no additional fused rings is 1. The number of hydrogen-bond acceptors (Lipinski definition) is 6. The van der Waals surface area contributed by atoms with Gasteiger partial charge in [-0.2, -0.15) is 0 Å². The fraction of sp³-hybridized carbons (Fsp3) is 0.385. The molecule has 8 nitrogen and oxygen atoms in total. The monoisotopic (exact) mass is 494 g/mol. The highest BCUT2D eigenvalue weighted by Gasteiger charge is 2.34. The zero-order valence-electron chi connectivity index (χ0n) is 20.3. The van der Waals surface area contributed by atoms with Crippen molar-refractivity contribution in [1.82, 2.24) is 10.2 Å². The molecule has 0 saturated carbocycles. The third kappa shape index (κ3) is 5.23. The molecule has 1 fully saturated rings. The Hall–Kier alpha value is -3.23. The number of rotatable bonds is 5. The first-order valence-corrected chi connectivity index (χ1v) is 12.1. The summed E-state index contributed by atoms with van der Waals surface area (Å²) in [4.78, 5) is 21.7. The molecule has 2 aromatic carbocycles. The summed E-state index contributed by atoms with van der Waals surface area (Å²) in [5.41, 5.74) is 2.83. The third-order valence-electron chi connectivity index (χ3n) is 6.62. The van der Waals surface area contributed by atoms with Crippen LogP contribution in [0.1, 0.15) is 37.3 Å². The molecule has 1 amide bonds. The Morgan fingerprint density at radius 2 is 1.89 bits per heavy atom. The number of carbonyl (C=O) groups excluding carboxylic acids is 1. The SMILES string of the molecule is CNC1CCN(C(=O)CC2N=C(c3ccc(Cl)cc3)c3cc(OC)ccc3N(C(C)=N)C2=N)CC1. The second kappa shape index (κ2) is 10.6. The number of amides is 1. The first kappa shape index (κ1) is 24.9. The lowest BCUT2D eigenvalue weighted by Gasteiger charge is -2.33. The van der Waals surface area contributed by atoms with Crippen LogP contribution in [0.2, 0.25) is 5.02 Å². The summed E-state index contributed by atoms with van der Waals surface area (Å²) < 4.78 is 5.47.